The molecule has 34 heavy (non-hydrogen) atoms. The van der Waals surface area contributed by atoms with Gasteiger partial charge in [-0.05, 0) is 65.9 Å². The fourth-order valence-electron chi connectivity index (χ4n) is 5.84. The molecule has 0 N–H and O–H groups in total. The molecule has 190 valence electrons. The third-order valence-electron chi connectivity index (χ3n) is 7.48. The second-order valence-electron chi connectivity index (χ2n) is 12.2. The lowest BCUT2D eigenvalue weighted by Crippen LogP contribution is -2.65. The molecule has 0 saturated carbocycles. The van der Waals surface area contributed by atoms with E-state index in [0.29, 0.717) is 32.2 Å². The second kappa shape index (κ2) is 9.25. The summed E-state index contributed by atoms with van der Waals surface area (Å²) in [5.74, 6) is 2.53. The number of likely N-dealkylation sites (tertiary alicyclic amines) is 1. The lowest BCUT2D eigenvalue weighted by molar-refractivity contribution is -0.200. The summed E-state index contributed by atoms with van der Waals surface area (Å²) < 4.78 is 25.0. The Hall–Kier alpha value is -1.95. The highest BCUT2D eigenvalue weighted by molar-refractivity contribution is 5.69. The van der Waals surface area contributed by atoms with E-state index >= 15 is 0 Å². The Bertz CT molecular complexity index is 885. The summed E-state index contributed by atoms with van der Waals surface area (Å²) in [7, 11) is 0. The molecular weight excluding hydrogens is 430 g/mol. The zero-order chi connectivity index (χ0) is 24.7. The van der Waals surface area contributed by atoms with Gasteiger partial charge < -0.3 is 23.8 Å². The first-order chi connectivity index (χ1) is 16.0. The van der Waals surface area contributed by atoms with Gasteiger partial charge in [-0.25, -0.2) is 4.79 Å². The van der Waals surface area contributed by atoms with E-state index in [1.807, 2.05) is 44.7 Å². The Morgan fingerprint density at radius 2 is 2.00 bits per heavy atom. The first-order valence-corrected chi connectivity index (χ1v) is 13.0. The fourth-order valence-corrected chi connectivity index (χ4v) is 5.84. The average molecular weight is 474 g/mol. The summed E-state index contributed by atoms with van der Waals surface area (Å²) in [5, 5.41) is 0. The molecule has 1 aromatic rings. The maximum atomic E-state index is 12.6. The molecule has 1 amide bonds. The van der Waals surface area contributed by atoms with Gasteiger partial charge in [-0.2, -0.15) is 0 Å². The Labute approximate surface area is 205 Å². The number of nitrogens with zero attached hydrogens (tertiary/aromatic N) is 1. The summed E-state index contributed by atoms with van der Waals surface area (Å²) in [6.45, 7) is 17.1. The van der Waals surface area contributed by atoms with Crippen molar-refractivity contribution in [1.29, 1.82) is 0 Å². The summed E-state index contributed by atoms with van der Waals surface area (Å²) in [4.78, 5) is 14.4. The van der Waals surface area contributed by atoms with E-state index in [0.717, 1.165) is 36.3 Å². The minimum atomic E-state index is -0.484. The molecule has 0 radical (unpaired) electrons. The van der Waals surface area contributed by atoms with Crippen molar-refractivity contribution < 1.29 is 23.7 Å². The molecule has 3 aliphatic rings. The minimum Gasteiger partial charge on any atom is -0.490 e. The number of amides is 1. The summed E-state index contributed by atoms with van der Waals surface area (Å²) in [6, 6.07) is 6.15. The molecule has 0 unspecified atom stereocenters. The van der Waals surface area contributed by atoms with Gasteiger partial charge in [0.1, 0.15) is 11.2 Å². The second-order valence-corrected chi connectivity index (χ2v) is 12.2. The molecule has 0 aliphatic carbocycles. The van der Waals surface area contributed by atoms with E-state index in [4.69, 9.17) is 18.9 Å². The molecule has 4 rings (SSSR count). The first-order valence-electron chi connectivity index (χ1n) is 13.0. The van der Waals surface area contributed by atoms with Crippen molar-refractivity contribution in [2.45, 2.75) is 91.5 Å². The van der Waals surface area contributed by atoms with Gasteiger partial charge in [0.15, 0.2) is 11.5 Å². The number of hydrogen-bond acceptors (Lipinski definition) is 5. The normalized spacial score (nSPS) is 27.5. The molecule has 2 saturated heterocycles. The average Bonchev–Trinajstić information content (AvgIpc) is 2.71. The monoisotopic (exact) mass is 473 g/mol. The van der Waals surface area contributed by atoms with E-state index in [2.05, 4.69) is 26.8 Å². The highest BCUT2D eigenvalue weighted by Gasteiger charge is 2.58. The van der Waals surface area contributed by atoms with Crippen LogP contribution in [-0.2, 0) is 9.47 Å². The highest BCUT2D eigenvalue weighted by atomic mass is 16.6. The van der Waals surface area contributed by atoms with Gasteiger partial charge in [-0.1, -0.05) is 32.4 Å². The Morgan fingerprint density at radius 3 is 2.65 bits per heavy atom. The van der Waals surface area contributed by atoms with E-state index in [1.165, 1.54) is 6.42 Å². The molecule has 2 fully saturated rings. The van der Waals surface area contributed by atoms with Crippen LogP contribution in [0.4, 0.5) is 4.79 Å². The number of carbonyl (C=O) groups is 1. The molecular formula is C28H43NO5. The standard InChI is InChI=1S/C28H43NO5/c1-8-31-22-13-9-12-20-23-21(27(7,33-24(20)22)14-10-11-19(2)3)15-28(18-32-23)16-29(17-28)25(30)34-26(4,5)6/h9,12-13,19,21,23H,8,10-11,14-18H2,1-7H3/t21-,23+,27-/m0/s1. The van der Waals surface area contributed by atoms with Crippen LogP contribution in [0.15, 0.2) is 18.2 Å². The molecule has 0 bridgehead atoms. The van der Waals surface area contributed by atoms with Crippen LogP contribution in [0.3, 0.4) is 0 Å². The Morgan fingerprint density at radius 1 is 1.26 bits per heavy atom. The number of carbonyl (C=O) groups excluding carboxylic acids is 1. The molecule has 3 heterocycles. The van der Waals surface area contributed by atoms with Crippen molar-refractivity contribution in [3.05, 3.63) is 23.8 Å². The van der Waals surface area contributed by atoms with Gasteiger partial charge in [0.2, 0.25) is 0 Å². The molecule has 1 spiro atoms. The first kappa shape index (κ1) is 25.2. The zero-order valence-corrected chi connectivity index (χ0v) is 22.1. The summed E-state index contributed by atoms with van der Waals surface area (Å²) in [5.41, 5.74) is 0.229. The third-order valence-corrected chi connectivity index (χ3v) is 7.48. The van der Waals surface area contributed by atoms with Crippen LogP contribution in [0.1, 0.15) is 85.8 Å². The van der Waals surface area contributed by atoms with E-state index < -0.39 is 5.60 Å². The van der Waals surface area contributed by atoms with E-state index in [-0.39, 0.29) is 29.1 Å². The van der Waals surface area contributed by atoms with Crippen LogP contribution >= 0.6 is 0 Å². The molecule has 3 aliphatic heterocycles. The summed E-state index contributed by atoms with van der Waals surface area (Å²) in [6.07, 6.45) is 3.99. The van der Waals surface area contributed by atoms with Crippen molar-refractivity contribution in [1.82, 2.24) is 4.90 Å². The number of hydrogen-bond donors (Lipinski definition) is 0. The van der Waals surface area contributed by atoms with Crippen molar-refractivity contribution >= 4 is 6.09 Å². The van der Waals surface area contributed by atoms with Gasteiger partial charge in [0, 0.05) is 30.0 Å². The van der Waals surface area contributed by atoms with Crippen LogP contribution in [0.5, 0.6) is 11.5 Å². The SMILES string of the molecule is CCOc1cccc2c1O[C@@](C)(CCCC(C)C)[C@H]1CC3(CO[C@H]21)CN(C(=O)OC(C)(C)C)C3. The predicted octanol–water partition coefficient (Wildman–Crippen LogP) is 6.38. The molecule has 6 nitrogen and oxygen atoms in total. The van der Waals surface area contributed by atoms with Crippen molar-refractivity contribution in [3.8, 4) is 11.5 Å². The number of rotatable bonds is 6. The smallest absolute Gasteiger partial charge is 0.410 e. The van der Waals surface area contributed by atoms with Crippen LogP contribution in [0.2, 0.25) is 0 Å². The van der Waals surface area contributed by atoms with Crippen LogP contribution in [-0.4, -0.2) is 48.5 Å². The highest BCUT2D eigenvalue weighted by Crippen LogP contribution is 2.58. The van der Waals surface area contributed by atoms with Gasteiger partial charge in [0.05, 0.1) is 19.3 Å². The Balaban J connectivity index is 1.56. The van der Waals surface area contributed by atoms with Gasteiger partial charge >= 0.3 is 6.09 Å². The number of ether oxygens (including phenoxy) is 4. The summed E-state index contributed by atoms with van der Waals surface area (Å²) >= 11 is 0. The van der Waals surface area contributed by atoms with E-state index in [9.17, 15) is 4.79 Å². The quantitative estimate of drug-likeness (QED) is 0.480. The van der Waals surface area contributed by atoms with Crippen molar-refractivity contribution in [2.24, 2.45) is 17.3 Å². The van der Waals surface area contributed by atoms with Crippen LogP contribution in [0, 0.1) is 17.3 Å². The molecule has 0 aromatic heterocycles. The minimum absolute atomic E-state index is 0.0191. The maximum absolute atomic E-state index is 12.6. The molecule has 6 heteroatoms. The zero-order valence-electron chi connectivity index (χ0n) is 22.1. The largest absolute Gasteiger partial charge is 0.490 e. The lowest BCUT2D eigenvalue weighted by atomic mass is 9.63. The van der Waals surface area contributed by atoms with Crippen molar-refractivity contribution in [2.75, 3.05) is 26.3 Å². The van der Waals surface area contributed by atoms with Gasteiger partial charge in [-0.15, -0.1) is 0 Å². The van der Waals surface area contributed by atoms with E-state index in [1.54, 1.807) is 0 Å². The number of benzene rings is 1. The fraction of sp³-hybridized carbons (Fsp3) is 0.750. The Kier molecular flexibility index (Phi) is 6.84. The number of para-hydroxylation sites is 1. The molecule has 1 aromatic carbocycles. The van der Waals surface area contributed by atoms with Crippen LogP contribution in [0.25, 0.3) is 0 Å². The lowest BCUT2D eigenvalue weighted by Gasteiger charge is -2.59. The maximum Gasteiger partial charge on any atom is 0.410 e. The third kappa shape index (κ3) is 5.02. The number of fused-ring (bicyclic) bond motifs is 3. The van der Waals surface area contributed by atoms with Crippen molar-refractivity contribution in [3.63, 3.8) is 0 Å². The van der Waals surface area contributed by atoms with Gasteiger partial charge in [0.25, 0.3) is 0 Å². The topological polar surface area (TPSA) is 57.2 Å². The van der Waals surface area contributed by atoms with Crippen LogP contribution < -0.4 is 9.47 Å². The molecule has 3 atom stereocenters. The predicted molar refractivity (Wildman–Crippen MR) is 132 cm³/mol. The van der Waals surface area contributed by atoms with Gasteiger partial charge in [-0.3, -0.25) is 0 Å².